The summed E-state index contributed by atoms with van der Waals surface area (Å²) >= 11 is 3.51. The summed E-state index contributed by atoms with van der Waals surface area (Å²) in [5.41, 5.74) is 2.97. The summed E-state index contributed by atoms with van der Waals surface area (Å²) < 4.78 is 1.16. The maximum Gasteiger partial charge on any atom is 0.0397 e. The fourth-order valence-electron chi connectivity index (χ4n) is 2.34. The smallest absolute Gasteiger partial charge is 0.0397 e. The number of benzene rings is 1. The molecule has 2 rings (SSSR count). The molecule has 1 aromatic carbocycles. The Bertz CT molecular complexity index is 392. The second kappa shape index (κ2) is 4.38. The van der Waals surface area contributed by atoms with E-state index < -0.39 is 0 Å². The van der Waals surface area contributed by atoms with E-state index in [2.05, 4.69) is 65.2 Å². The Kier molecular flexibility index (Phi) is 3.27. The van der Waals surface area contributed by atoms with Crippen molar-refractivity contribution < 1.29 is 0 Å². The van der Waals surface area contributed by atoms with Crippen molar-refractivity contribution in [3.05, 3.63) is 28.2 Å². The van der Waals surface area contributed by atoms with E-state index in [9.17, 15) is 0 Å². The Hall–Kier alpha value is -0.540. The van der Waals surface area contributed by atoms with Crippen molar-refractivity contribution in [2.24, 2.45) is 0 Å². The van der Waals surface area contributed by atoms with Gasteiger partial charge in [0, 0.05) is 28.8 Å². The minimum atomic E-state index is 0.263. The molecule has 16 heavy (non-hydrogen) atoms. The number of likely N-dealkylation sites (N-methyl/N-ethyl adjacent to an activating group) is 1. The van der Waals surface area contributed by atoms with Gasteiger partial charge in [0.1, 0.15) is 0 Å². The van der Waals surface area contributed by atoms with Crippen LogP contribution in [0.1, 0.15) is 18.9 Å². The molecule has 1 aliphatic rings. The summed E-state index contributed by atoms with van der Waals surface area (Å²) in [4.78, 5) is 2.47. The Balaban J connectivity index is 2.21. The first-order valence-electron chi connectivity index (χ1n) is 5.74. The fraction of sp³-hybridized carbons (Fsp3) is 0.538. The number of aryl methyl sites for hydroxylation is 1. The quantitative estimate of drug-likeness (QED) is 0.897. The van der Waals surface area contributed by atoms with Crippen LogP contribution in [0.25, 0.3) is 0 Å². The van der Waals surface area contributed by atoms with Crippen molar-refractivity contribution in [1.82, 2.24) is 5.32 Å². The van der Waals surface area contributed by atoms with Crippen molar-refractivity contribution in [3.8, 4) is 0 Å². The molecular weight excluding hydrogens is 264 g/mol. The van der Waals surface area contributed by atoms with Crippen molar-refractivity contribution in [3.63, 3.8) is 0 Å². The molecule has 1 saturated heterocycles. The Morgan fingerprint density at radius 2 is 2.19 bits per heavy atom. The van der Waals surface area contributed by atoms with E-state index in [0.29, 0.717) is 0 Å². The number of rotatable bonds is 2. The van der Waals surface area contributed by atoms with Gasteiger partial charge in [0.2, 0.25) is 0 Å². The van der Waals surface area contributed by atoms with Crippen LogP contribution in [-0.2, 0) is 0 Å². The Morgan fingerprint density at radius 3 is 2.75 bits per heavy atom. The van der Waals surface area contributed by atoms with Gasteiger partial charge in [-0.25, -0.2) is 0 Å². The third-order valence-corrected chi connectivity index (χ3v) is 4.07. The molecule has 0 saturated carbocycles. The van der Waals surface area contributed by atoms with Crippen LogP contribution in [0.5, 0.6) is 0 Å². The van der Waals surface area contributed by atoms with Crippen LogP contribution >= 0.6 is 15.9 Å². The SMILES string of the molecule is CNC1(C)CCN(c2ccc(Br)cc2C)C1. The molecule has 1 unspecified atom stereocenters. The highest BCUT2D eigenvalue weighted by molar-refractivity contribution is 9.10. The molecule has 1 atom stereocenters. The maximum absolute atomic E-state index is 3.51. The summed E-state index contributed by atoms with van der Waals surface area (Å²) in [7, 11) is 2.05. The first-order valence-corrected chi connectivity index (χ1v) is 6.53. The van der Waals surface area contributed by atoms with E-state index >= 15 is 0 Å². The minimum Gasteiger partial charge on any atom is -0.369 e. The lowest BCUT2D eigenvalue weighted by atomic mass is 10.0. The zero-order valence-corrected chi connectivity index (χ0v) is 11.8. The lowest BCUT2D eigenvalue weighted by Gasteiger charge is -2.26. The van der Waals surface area contributed by atoms with E-state index in [0.717, 1.165) is 17.6 Å². The highest BCUT2D eigenvalue weighted by Gasteiger charge is 2.32. The fourth-order valence-corrected chi connectivity index (χ4v) is 2.82. The average Bonchev–Trinajstić information content (AvgIpc) is 2.62. The topological polar surface area (TPSA) is 15.3 Å². The Labute approximate surface area is 106 Å². The van der Waals surface area contributed by atoms with Gasteiger partial charge in [0.05, 0.1) is 0 Å². The molecule has 3 heteroatoms. The predicted molar refractivity (Wildman–Crippen MR) is 73.2 cm³/mol. The molecule has 1 aromatic rings. The van der Waals surface area contributed by atoms with Crippen LogP contribution in [0.2, 0.25) is 0 Å². The molecular formula is C13H19BrN2. The van der Waals surface area contributed by atoms with Crippen LogP contribution in [0.4, 0.5) is 5.69 Å². The summed E-state index contributed by atoms with van der Waals surface area (Å²) in [6, 6.07) is 6.52. The highest BCUT2D eigenvalue weighted by Crippen LogP contribution is 2.30. The lowest BCUT2D eigenvalue weighted by Crippen LogP contribution is -2.42. The normalized spacial score (nSPS) is 25.1. The summed E-state index contributed by atoms with van der Waals surface area (Å²) in [6.45, 7) is 6.70. The average molecular weight is 283 g/mol. The first-order chi connectivity index (χ1) is 7.54. The molecule has 0 aromatic heterocycles. The molecule has 1 N–H and O–H groups in total. The first kappa shape index (κ1) is 11.9. The minimum absolute atomic E-state index is 0.263. The maximum atomic E-state index is 3.51. The molecule has 0 amide bonds. The molecule has 2 nitrogen and oxygen atoms in total. The number of nitrogens with one attached hydrogen (secondary N) is 1. The van der Waals surface area contributed by atoms with Crippen LogP contribution in [0.3, 0.4) is 0 Å². The molecule has 1 aliphatic heterocycles. The van der Waals surface area contributed by atoms with Crippen molar-refractivity contribution >= 4 is 21.6 Å². The van der Waals surface area contributed by atoms with Crippen LogP contribution in [0, 0.1) is 6.92 Å². The number of halogens is 1. The van der Waals surface area contributed by atoms with Gasteiger partial charge in [-0.2, -0.15) is 0 Å². The molecule has 1 fully saturated rings. The standard InChI is InChI=1S/C13H19BrN2/c1-10-8-11(14)4-5-12(10)16-7-6-13(2,9-16)15-3/h4-5,8,15H,6-7,9H2,1-3H3. The van der Waals surface area contributed by atoms with E-state index in [1.165, 1.54) is 17.7 Å². The van der Waals surface area contributed by atoms with Gasteiger partial charge in [0.25, 0.3) is 0 Å². The van der Waals surface area contributed by atoms with E-state index in [1.807, 2.05) is 0 Å². The third kappa shape index (κ3) is 2.25. The number of nitrogens with zero attached hydrogens (tertiary/aromatic N) is 1. The summed E-state index contributed by atoms with van der Waals surface area (Å²) in [6.07, 6.45) is 1.21. The third-order valence-electron chi connectivity index (χ3n) is 3.58. The molecule has 0 radical (unpaired) electrons. The van der Waals surface area contributed by atoms with E-state index in [4.69, 9.17) is 0 Å². The second-order valence-corrected chi connectivity index (χ2v) is 5.83. The largest absolute Gasteiger partial charge is 0.369 e. The predicted octanol–water partition coefficient (Wildman–Crippen LogP) is 2.95. The van der Waals surface area contributed by atoms with Crippen LogP contribution in [0.15, 0.2) is 22.7 Å². The molecule has 0 spiro atoms. The zero-order valence-electron chi connectivity index (χ0n) is 10.2. The lowest BCUT2D eigenvalue weighted by molar-refractivity contribution is 0.428. The number of anilines is 1. The van der Waals surface area contributed by atoms with Crippen molar-refractivity contribution in [1.29, 1.82) is 0 Å². The van der Waals surface area contributed by atoms with Gasteiger partial charge in [-0.1, -0.05) is 15.9 Å². The second-order valence-electron chi connectivity index (χ2n) is 4.91. The summed E-state index contributed by atoms with van der Waals surface area (Å²) in [5, 5.41) is 3.42. The molecule has 0 bridgehead atoms. The molecule has 88 valence electrons. The summed E-state index contributed by atoms with van der Waals surface area (Å²) in [5.74, 6) is 0. The van der Waals surface area contributed by atoms with Gasteiger partial charge < -0.3 is 10.2 Å². The Morgan fingerprint density at radius 1 is 1.44 bits per heavy atom. The zero-order chi connectivity index (χ0) is 11.8. The van der Waals surface area contributed by atoms with E-state index in [1.54, 1.807) is 0 Å². The highest BCUT2D eigenvalue weighted by atomic mass is 79.9. The van der Waals surface area contributed by atoms with Gasteiger partial charge in [-0.15, -0.1) is 0 Å². The molecule has 0 aliphatic carbocycles. The van der Waals surface area contributed by atoms with E-state index in [-0.39, 0.29) is 5.54 Å². The number of hydrogen-bond acceptors (Lipinski definition) is 2. The number of hydrogen-bond donors (Lipinski definition) is 1. The van der Waals surface area contributed by atoms with Gasteiger partial charge in [-0.3, -0.25) is 0 Å². The molecule has 1 heterocycles. The van der Waals surface area contributed by atoms with Crippen LogP contribution in [-0.4, -0.2) is 25.7 Å². The monoisotopic (exact) mass is 282 g/mol. The van der Waals surface area contributed by atoms with Crippen molar-refractivity contribution in [2.45, 2.75) is 25.8 Å². The van der Waals surface area contributed by atoms with Gasteiger partial charge >= 0.3 is 0 Å². The van der Waals surface area contributed by atoms with Crippen molar-refractivity contribution in [2.75, 3.05) is 25.0 Å². The van der Waals surface area contributed by atoms with Crippen LogP contribution < -0.4 is 10.2 Å². The van der Waals surface area contributed by atoms with Gasteiger partial charge in [0.15, 0.2) is 0 Å². The van der Waals surface area contributed by atoms with Gasteiger partial charge in [-0.05, 0) is 51.1 Å².